The van der Waals surface area contributed by atoms with Crippen LogP contribution in [0.2, 0.25) is 0 Å². The fourth-order valence-corrected chi connectivity index (χ4v) is 3.77. The van der Waals surface area contributed by atoms with Gasteiger partial charge in [-0.1, -0.05) is 17.8 Å². The van der Waals surface area contributed by atoms with E-state index >= 15 is 0 Å². The average Bonchev–Trinajstić information content (AvgIpc) is 3.44. The number of aromatic nitrogens is 4. The van der Waals surface area contributed by atoms with Crippen molar-refractivity contribution in [1.29, 1.82) is 0 Å². The summed E-state index contributed by atoms with van der Waals surface area (Å²) in [5, 5.41) is 12.3. The van der Waals surface area contributed by atoms with E-state index in [2.05, 4.69) is 15.5 Å². The van der Waals surface area contributed by atoms with Gasteiger partial charge in [-0.05, 0) is 54.8 Å². The zero-order chi connectivity index (χ0) is 19.4. The van der Waals surface area contributed by atoms with Crippen LogP contribution in [0.15, 0.2) is 23.4 Å². The molecule has 1 amide bonds. The second-order valence-electron chi connectivity index (χ2n) is 6.44. The highest BCUT2D eigenvalue weighted by Gasteiger charge is 2.30. The van der Waals surface area contributed by atoms with Gasteiger partial charge >= 0.3 is 0 Å². The van der Waals surface area contributed by atoms with Crippen molar-refractivity contribution in [2.45, 2.75) is 49.7 Å². The van der Waals surface area contributed by atoms with Crippen LogP contribution >= 0.6 is 11.8 Å². The van der Waals surface area contributed by atoms with Crippen molar-refractivity contribution < 1.29 is 14.3 Å². The molecule has 1 saturated carbocycles. The Morgan fingerprint density at radius 3 is 2.70 bits per heavy atom. The predicted molar refractivity (Wildman–Crippen MR) is 102 cm³/mol. The molecule has 0 N–H and O–H groups in total. The molecule has 3 rings (SSSR count). The highest BCUT2D eigenvalue weighted by molar-refractivity contribution is 8.00. The minimum atomic E-state index is -0.270. The van der Waals surface area contributed by atoms with E-state index in [4.69, 9.17) is 9.47 Å². The lowest BCUT2D eigenvalue weighted by Crippen LogP contribution is -2.36. The lowest BCUT2D eigenvalue weighted by Gasteiger charge is -2.24. The number of methoxy groups -OCH3 is 2. The average molecular weight is 391 g/mol. The van der Waals surface area contributed by atoms with Crippen LogP contribution in [0.4, 0.5) is 0 Å². The van der Waals surface area contributed by atoms with E-state index < -0.39 is 0 Å². The van der Waals surface area contributed by atoms with Crippen LogP contribution in [0, 0.1) is 0 Å². The van der Waals surface area contributed by atoms with Crippen LogP contribution in [0.25, 0.3) is 0 Å². The number of carbonyl (C=O) groups is 1. The molecule has 0 aliphatic heterocycles. The molecule has 1 atom stereocenters. The Labute approximate surface area is 163 Å². The number of carbonyl (C=O) groups excluding carboxylic acids is 1. The number of tetrazole rings is 1. The Morgan fingerprint density at radius 1 is 1.33 bits per heavy atom. The molecule has 1 aromatic heterocycles. The van der Waals surface area contributed by atoms with E-state index in [1.807, 2.05) is 41.6 Å². The Morgan fingerprint density at radius 2 is 2.07 bits per heavy atom. The first-order valence-electron chi connectivity index (χ1n) is 9.01. The molecule has 27 heavy (non-hydrogen) atoms. The maximum atomic E-state index is 13.0. The zero-order valence-corrected chi connectivity index (χ0v) is 16.9. The van der Waals surface area contributed by atoms with E-state index in [9.17, 15) is 4.79 Å². The Balaban J connectivity index is 1.67. The molecule has 0 saturated heterocycles. The van der Waals surface area contributed by atoms with Gasteiger partial charge in [0.25, 0.3) is 0 Å². The molecule has 1 fully saturated rings. The van der Waals surface area contributed by atoms with Gasteiger partial charge in [0.15, 0.2) is 11.5 Å². The van der Waals surface area contributed by atoms with Crippen molar-refractivity contribution in [3.8, 4) is 11.5 Å². The normalized spacial score (nSPS) is 14.7. The van der Waals surface area contributed by atoms with Gasteiger partial charge in [-0.3, -0.25) is 4.79 Å². The summed E-state index contributed by atoms with van der Waals surface area (Å²) < 4.78 is 12.5. The van der Waals surface area contributed by atoms with Gasteiger partial charge in [0.2, 0.25) is 11.1 Å². The van der Waals surface area contributed by atoms with Crippen LogP contribution in [-0.2, 0) is 11.3 Å². The summed E-state index contributed by atoms with van der Waals surface area (Å²) in [6, 6.07) is 6.09. The topological polar surface area (TPSA) is 82.4 Å². The van der Waals surface area contributed by atoms with Gasteiger partial charge in [0, 0.05) is 13.1 Å². The Bertz CT molecular complexity index is 793. The lowest BCUT2D eigenvalue weighted by atomic mass is 10.2. The first-order valence-corrected chi connectivity index (χ1v) is 9.89. The summed E-state index contributed by atoms with van der Waals surface area (Å²) in [6.07, 6.45) is 2.20. The lowest BCUT2D eigenvalue weighted by molar-refractivity contribution is -0.130. The molecule has 9 heteroatoms. The smallest absolute Gasteiger partial charge is 0.236 e. The molecule has 1 aliphatic carbocycles. The third-order valence-electron chi connectivity index (χ3n) is 4.50. The summed E-state index contributed by atoms with van der Waals surface area (Å²) >= 11 is 1.41. The van der Waals surface area contributed by atoms with E-state index in [1.165, 1.54) is 11.8 Å². The summed E-state index contributed by atoms with van der Waals surface area (Å²) in [4.78, 5) is 14.8. The van der Waals surface area contributed by atoms with Crippen molar-refractivity contribution in [3.63, 3.8) is 0 Å². The SMILES string of the molecule is CCN(Cc1ccc(OC)c(OC)c1)C(=O)C(C)Sc1nnnn1C1CC1. The van der Waals surface area contributed by atoms with Crippen molar-refractivity contribution in [2.24, 2.45) is 0 Å². The summed E-state index contributed by atoms with van der Waals surface area (Å²) in [7, 11) is 3.21. The molecule has 8 nitrogen and oxygen atoms in total. The van der Waals surface area contributed by atoms with E-state index in [1.54, 1.807) is 14.2 Å². The summed E-state index contributed by atoms with van der Waals surface area (Å²) in [6.45, 7) is 5.00. The van der Waals surface area contributed by atoms with Crippen molar-refractivity contribution in [2.75, 3.05) is 20.8 Å². The maximum Gasteiger partial charge on any atom is 0.236 e. The molecule has 146 valence electrons. The van der Waals surface area contributed by atoms with Gasteiger partial charge in [0.05, 0.1) is 25.5 Å². The second kappa shape index (κ2) is 8.60. The minimum Gasteiger partial charge on any atom is -0.493 e. The molecule has 0 radical (unpaired) electrons. The fourth-order valence-electron chi connectivity index (χ4n) is 2.82. The first kappa shape index (κ1) is 19.5. The summed E-state index contributed by atoms with van der Waals surface area (Å²) in [5.74, 6) is 1.39. The quantitative estimate of drug-likeness (QED) is 0.608. The molecule has 0 spiro atoms. The van der Waals surface area contributed by atoms with E-state index in [0.29, 0.717) is 35.8 Å². The van der Waals surface area contributed by atoms with Gasteiger partial charge < -0.3 is 14.4 Å². The highest BCUT2D eigenvalue weighted by atomic mass is 32.2. The third kappa shape index (κ3) is 4.52. The molecule has 1 heterocycles. The summed E-state index contributed by atoms with van der Waals surface area (Å²) in [5.41, 5.74) is 0.989. The number of hydrogen-bond donors (Lipinski definition) is 0. The second-order valence-corrected chi connectivity index (χ2v) is 7.75. The number of benzene rings is 1. The van der Waals surface area contributed by atoms with Crippen molar-refractivity contribution in [3.05, 3.63) is 23.8 Å². The number of thioether (sulfide) groups is 1. The maximum absolute atomic E-state index is 13.0. The molecule has 1 unspecified atom stereocenters. The van der Waals surface area contributed by atoms with Crippen LogP contribution in [0.5, 0.6) is 11.5 Å². The Kier molecular flexibility index (Phi) is 6.20. The van der Waals surface area contributed by atoms with Crippen molar-refractivity contribution >= 4 is 17.7 Å². The predicted octanol–water partition coefficient (Wildman–Crippen LogP) is 2.55. The minimum absolute atomic E-state index is 0.0580. The van der Waals surface area contributed by atoms with Crippen LogP contribution in [-0.4, -0.2) is 57.0 Å². The number of nitrogens with zero attached hydrogens (tertiary/aromatic N) is 5. The largest absolute Gasteiger partial charge is 0.493 e. The van der Waals surface area contributed by atoms with Gasteiger partial charge in [-0.2, -0.15) is 0 Å². The van der Waals surface area contributed by atoms with Gasteiger partial charge in [-0.15, -0.1) is 5.10 Å². The molecular formula is C18H25N5O3S. The van der Waals surface area contributed by atoms with Gasteiger partial charge in [-0.25, -0.2) is 4.68 Å². The zero-order valence-electron chi connectivity index (χ0n) is 16.1. The third-order valence-corrected chi connectivity index (χ3v) is 5.53. The first-order chi connectivity index (χ1) is 13.1. The van der Waals surface area contributed by atoms with E-state index in [0.717, 1.165) is 18.4 Å². The standard InChI is InChI=1S/C18H25N5O3S/c1-5-22(11-13-6-9-15(25-3)16(10-13)26-4)17(24)12(2)27-18-19-20-21-23(18)14-7-8-14/h6,9-10,12,14H,5,7-8,11H2,1-4H3. The molecular weight excluding hydrogens is 366 g/mol. The van der Waals surface area contributed by atoms with Gasteiger partial charge in [0.1, 0.15) is 0 Å². The van der Waals surface area contributed by atoms with Crippen LogP contribution in [0.3, 0.4) is 0 Å². The Hall–Kier alpha value is -2.29. The number of rotatable bonds is 9. The van der Waals surface area contributed by atoms with Crippen LogP contribution in [0.1, 0.15) is 38.3 Å². The molecule has 1 aliphatic rings. The highest BCUT2D eigenvalue weighted by Crippen LogP contribution is 2.37. The fraction of sp³-hybridized carbons (Fsp3) is 0.556. The molecule has 2 aromatic rings. The number of amides is 1. The van der Waals surface area contributed by atoms with Crippen molar-refractivity contribution in [1.82, 2.24) is 25.1 Å². The molecule has 0 bridgehead atoms. The number of hydrogen-bond acceptors (Lipinski definition) is 7. The number of ether oxygens (including phenoxy) is 2. The van der Waals surface area contributed by atoms with Crippen LogP contribution < -0.4 is 9.47 Å². The monoisotopic (exact) mass is 391 g/mol. The van der Waals surface area contributed by atoms with E-state index in [-0.39, 0.29) is 11.2 Å². The molecule has 1 aromatic carbocycles.